The number of carbonyl (C=O) groups excluding carboxylic acids is 1. The standard InChI is InChI=1S/C12H15BrN2O4/c13-8-9-4-2-1-3-7-14(9)12(16)10-5-6-11(19-10)15(17)18/h5-6,9H,1-4,7-8H2. The number of amides is 1. The summed E-state index contributed by atoms with van der Waals surface area (Å²) < 4.78 is 4.99. The molecule has 0 aliphatic carbocycles. The van der Waals surface area contributed by atoms with Gasteiger partial charge in [-0.2, -0.15) is 0 Å². The van der Waals surface area contributed by atoms with Gasteiger partial charge in [-0.15, -0.1) is 0 Å². The Morgan fingerprint density at radius 3 is 2.89 bits per heavy atom. The quantitative estimate of drug-likeness (QED) is 0.485. The van der Waals surface area contributed by atoms with Crippen LogP contribution in [0.3, 0.4) is 0 Å². The minimum Gasteiger partial charge on any atom is -0.395 e. The van der Waals surface area contributed by atoms with E-state index in [-0.39, 0.29) is 17.7 Å². The molecule has 1 aliphatic rings. The molecule has 1 atom stereocenters. The zero-order chi connectivity index (χ0) is 13.8. The Morgan fingerprint density at radius 1 is 1.47 bits per heavy atom. The first-order chi connectivity index (χ1) is 9.13. The molecule has 0 spiro atoms. The molecule has 0 bridgehead atoms. The Balaban J connectivity index is 2.17. The molecule has 2 rings (SSSR count). The van der Waals surface area contributed by atoms with Gasteiger partial charge < -0.3 is 9.32 Å². The molecule has 0 N–H and O–H groups in total. The van der Waals surface area contributed by atoms with Gasteiger partial charge in [-0.1, -0.05) is 28.8 Å². The molecule has 1 aromatic rings. The van der Waals surface area contributed by atoms with Crippen molar-refractivity contribution in [2.75, 3.05) is 11.9 Å². The summed E-state index contributed by atoms with van der Waals surface area (Å²) in [5, 5.41) is 11.3. The molecule has 1 fully saturated rings. The summed E-state index contributed by atoms with van der Waals surface area (Å²) in [5.41, 5.74) is 0. The molecule has 1 saturated heterocycles. The van der Waals surface area contributed by atoms with Crippen molar-refractivity contribution in [2.24, 2.45) is 0 Å². The molecule has 104 valence electrons. The highest BCUT2D eigenvalue weighted by atomic mass is 79.9. The highest BCUT2D eigenvalue weighted by Crippen LogP contribution is 2.23. The molecular weight excluding hydrogens is 316 g/mol. The zero-order valence-electron chi connectivity index (χ0n) is 10.4. The first-order valence-electron chi connectivity index (χ1n) is 6.24. The number of alkyl halides is 1. The molecule has 0 saturated carbocycles. The number of hydrogen-bond donors (Lipinski definition) is 0. The van der Waals surface area contributed by atoms with E-state index in [1.165, 1.54) is 12.1 Å². The summed E-state index contributed by atoms with van der Waals surface area (Å²) in [4.78, 5) is 24.0. The molecule has 6 nitrogen and oxygen atoms in total. The summed E-state index contributed by atoms with van der Waals surface area (Å²) in [6, 6.07) is 2.71. The molecule has 1 aliphatic heterocycles. The minimum atomic E-state index is -0.638. The van der Waals surface area contributed by atoms with Crippen LogP contribution in [0.15, 0.2) is 16.5 Å². The van der Waals surface area contributed by atoms with Crippen LogP contribution < -0.4 is 0 Å². The average Bonchev–Trinajstić information content (AvgIpc) is 2.77. The van der Waals surface area contributed by atoms with Gasteiger partial charge in [0.2, 0.25) is 0 Å². The highest BCUT2D eigenvalue weighted by molar-refractivity contribution is 9.09. The lowest BCUT2D eigenvalue weighted by molar-refractivity contribution is -0.402. The monoisotopic (exact) mass is 330 g/mol. The Hall–Kier alpha value is -1.37. The summed E-state index contributed by atoms with van der Waals surface area (Å²) >= 11 is 3.42. The van der Waals surface area contributed by atoms with E-state index < -0.39 is 10.8 Å². The van der Waals surface area contributed by atoms with Gasteiger partial charge in [-0.3, -0.25) is 14.9 Å². The summed E-state index contributed by atoms with van der Waals surface area (Å²) in [5.74, 6) is -0.618. The Bertz CT molecular complexity index is 474. The molecule has 1 amide bonds. The largest absolute Gasteiger partial charge is 0.433 e. The smallest absolute Gasteiger partial charge is 0.395 e. The molecule has 1 unspecified atom stereocenters. The van der Waals surface area contributed by atoms with Crippen LogP contribution in [-0.4, -0.2) is 33.6 Å². The maximum absolute atomic E-state index is 12.3. The molecular formula is C12H15BrN2O4. The second-order valence-electron chi connectivity index (χ2n) is 4.55. The summed E-state index contributed by atoms with van der Waals surface area (Å²) in [6.07, 6.45) is 4.10. The highest BCUT2D eigenvalue weighted by Gasteiger charge is 2.28. The molecule has 0 aromatic carbocycles. The van der Waals surface area contributed by atoms with E-state index in [1.807, 2.05) is 0 Å². The SMILES string of the molecule is O=C(c1ccc([N+](=O)[O-])o1)N1CCCCCC1CBr. The first kappa shape index (κ1) is 14.0. The predicted molar refractivity (Wildman–Crippen MR) is 72.4 cm³/mol. The lowest BCUT2D eigenvalue weighted by Crippen LogP contribution is -2.40. The molecule has 7 heteroatoms. The predicted octanol–water partition coefficient (Wildman–Crippen LogP) is 2.97. The van der Waals surface area contributed by atoms with Gasteiger partial charge >= 0.3 is 5.88 Å². The van der Waals surface area contributed by atoms with Crippen LogP contribution in [0.5, 0.6) is 0 Å². The van der Waals surface area contributed by atoms with Crippen molar-refractivity contribution in [3.63, 3.8) is 0 Å². The van der Waals surface area contributed by atoms with Crippen molar-refractivity contribution >= 4 is 27.7 Å². The number of furan rings is 1. The number of nitrogens with zero attached hydrogens (tertiary/aromatic N) is 2. The normalized spacial score (nSPS) is 20.1. The number of likely N-dealkylation sites (tertiary alicyclic amines) is 1. The second-order valence-corrected chi connectivity index (χ2v) is 5.20. The van der Waals surface area contributed by atoms with Crippen LogP contribution in [-0.2, 0) is 0 Å². The summed E-state index contributed by atoms with van der Waals surface area (Å²) in [7, 11) is 0. The van der Waals surface area contributed by atoms with Crippen molar-refractivity contribution < 1.29 is 14.1 Å². The third-order valence-corrected chi connectivity index (χ3v) is 4.05. The van der Waals surface area contributed by atoms with Gasteiger partial charge in [0.1, 0.15) is 4.92 Å². The van der Waals surface area contributed by atoms with Gasteiger partial charge in [0.05, 0.1) is 6.07 Å². The molecule has 0 radical (unpaired) electrons. The lowest BCUT2D eigenvalue weighted by atomic mass is 10.1. The Kier molecular flexibility index (Phi) is 4.57. The van der Waals surface area contributed by atoms with Crippen LogP contribution in [0.2, 0.25) is 0 Å². The van der Waals surface area contributed by atoms with Crippen LogP contribution in [0.1, 0.15) is 36.2 Å². The number of hydrogen-bond acceptors (Lipinski definition) is 4. The van der Waals surface area contributed by atoms with Crippen LogP contribution in [0.25, 0.3) is 0 Å². The molecule has 19 heavy (non-hydrogen) atoms. The number of carbonyl (C=O) groups is 1. The fourth-order valence-corrected chi connectivity index (χ4v) is 2.96. The average molecular weight is 331 g/mol. The van der Waals surface area contributed by atoms with Crippen molar-refractivity contribution in [3.05, 3.63) is 28.0 Å². The Labute approximate surface area is 119 Å². The van der Waals surface area contributed by atoms with E-state index >= 15 is 0 Å². The maximum atomic E-state index is 12.3. The molecule has 1 aromatic heterocycles. The third-order valence-electron chi connectivity index (χ3n) is 3.30. The fourth-order valence-electron chi connectivity index (χ4n) is 2.29. The minimum absolute atomic E-state index is 0.0413. The van der Waals surface area contributed by atoms with Gasteiger partial charge in [0.15, 0.2) is 5.76 Å². The van der Waals surface area contributed by atoms with Gasteiger partial charge in [-0.25, -0.2) is 0 Å². The third kappa shape index (κ3) is 3.15. The lowest BCUT2D eigenvalue weighted by Gasteiger charge is -2.27. The van der Waals surface area contributed by atoms with Crippen molar-refractivity contribution in [2.45, 2.75) is 31.7 Å². The number of halogens is 1. The first-order valence-corrected chi connectivity index (χ1v) is 7.37. The van der Waals surface area contributed by atoms with Crippen LogP contribution >= 0.6 is 15.9 Å². The zero-order valence-corrected chi connectivity index (χ0v) is 12.0. The van der Waals surface area contributed by atoms with Gasteiger partial charge in [0.25, 0.3) is 5.91 Å². The van der Waals surface area contributed by atoms with Gasteiger partial charge in [0, 0.05) is 17.9 Å². The topological polar surface area (TPSA) is 76.6 Å². The van der Waals surface area contributed by atoms with Crippen LogP contribution in [0.4, 0.5) is 5.88 Å². The van der Waals surface area contributed by atoms with Crippen molar-refractivity contribution in [1.29, 1.82) is 0 Å². The second kappa shape index (κ2) is 6.18. The summed E-state index contributed by atoms with van der Waals surface area (Å²) in [6.45, 7) is 0.670. The van der Waals surface area contributed by atoms with Crippen molar-refractivity contribution in [1.82, 2.24) is 4.90 Å². The van der Waals surface area contributed by atoms with E-state index in [0.717, 1.165) is 25.7 Å². The fraction of sp³-hybridized carbons (Fsp3) is 0.583. The van der Waals surface area contributed by atoms with E-state index in [1.54, 1.807) is 4.90 Å². The van der Waals surface area contributed by atoms with Crippen molar-refractivity contribution in [3.8, 4) is 0 Å². The maximum Gasteiger partial charge on any atom is 0.433 e. The van der Waals surface area contributed by atoms with E-state index in [4.69, 9.17) is 4.42 Å². The van der Waals surface area contributed by atoms with Crippen LogP contribution in [0, 0.1) is 10.1 Å². The van der Waals surface area contributed by atoms with E-state index in [2.05, 4.69) is 15.9 Å². The number of nitro groups is 1. The van der Waals surface area contributed by atoms with E-state index in [0.29, 0.717) is 11.9 Å². The Morgan fingerprint density at radius 2 is 2.26 bits per heavy atom. The van der Waals surface area contributed by atoms with E-state index in [9.17, 15) is 14.9 Å². The molecule has 2 heterocycles. The van der Waals surface area contributed by atoms with Gasteiger partial charge in [-0.05, 0) is 18.9 Å². The number of rotatable bonds is 3.